The number of hydrogen-bond acceptors (Lipinski definition) is 6. The first kappa shape index (κ1) is 19.5. The summed E-state index contributed by atoms with van der Waals surface area (Å²) < 4.78 is 3.66. The molecule has 28 heavy (non-hydrogen) atoms. The van der Waals surface area contributed by atoms with Crippen LogP contribution in [0.3, 0.4) is 0 Å². The van der Waals surface area contributed by atoms with Crippen LogP contribution in [0, 0.1) is 13.8 Å². The Bertz CT molecular complexity index is 959. The second-order valence-corrected chi connectivity index (χ2v) is 7.05. The summed E-state index contributed by atoms with van der Waals surface area (Å²) >= 11 is 0. The van der Waals surface area contributed by atoms with Gasteiger partial charge >= 0.3 is 6.03 Å². The highest BCUT2D eigenvalue weighted by atomic mass is 16.2. The van der Waals surface area contributed by atoms with Crippen LogP contribution in [0.2, 0.25) is 0 Å². The average molecular weight is 386 g/mol. The van der Waals surface area contributed by atoms with Gasteiger partial charge < -0.3 is 16.4 Å². The maximum atomic E-state index is 13.0. The van der Waals surface area contributed by atoms with Crippen LogP contribution in [0.5, 0.6) is 0 Å². The fourth-order valence-corrected chi connectivity index (χ4v) is 3.10. The summed E-state index contributed by atoms with van der Waals surface area (Å²) in [7, 11) is 3.71. The summed E-state index contributed by atoms with van der Waals surface area (Å²) in [6, 6.07) is -0.374. The Morgan fingerprint density at radius 1 is 0.964 bits per heavy atom. The second-order valence-electron chi connectivity index (χ2n) is 7.05. The van der Waals surface area contributed by atoms with Crippen LogP contribution >= 0.6 is 0 Å². The van der Waals surface area contributed by atoms with Gasteiger partial charge in [0.15, 0.2) is 0 Å². The molecule has 1 aliphatic heterocycles. The van der Waals surface area contributed by atoms with Gasteiger partial charge in [-0.3, -0.25) is 9.69 Å². The van der Waals surface area contributed by atoms with Crippen molar-refractivity contribution in [3.05, 3.63) is 35.2 Å². The molecule has 10 heteroatoms. The number of nitrogens with two attached hydrogens (primary N) is 2. The lowest BCUT2D eigenvalue weighted by Gasteiger charge is -2.33. The number of anilines is 2. The number of carbonyl (C=O) groups excluding carboxylic acids is 2. The number of carbonyl (C=O) groups is 2. The molecule has 3 heterocycles. The van der Waals surface area contributed by atoms with E-state index in [1.807, 2.05) is 38.7 Å². The quantitative estimate of drug-likeness (QED) is 0.667. The number of aromatic nitrogens is 4. The Kier molecular flexibility index (Phi) is 5.12. The smallest absolute Gasteiger partial charge is 0.327 e. The monoisotopic (exact) mass is 386 g/mol. The molecule has 0 aliphatic carbocycles. The predicted molar refractivity (Wildman–Crippen MR) is 100 cm³/mol. The van der Waals surface area contributed by atoms with E-state index in [0.717, 1.165) is 17.2 Å². The topological polar surface area (TPSA) is 126 Å². The molecule has 3 amide bonds. The number of nitrogens with zero attached hydrogens (tertiary/aromatic N) is 6. The van der Waals surface area contributed by atoms with E-state index in [2.05, 4.69) is 9.97 Å². The average Bonchev–Trinajstić information content (AvgIpc) is 2.62. The number of imide groups is 1. The highest BCUT2D eigenvalue weighted by molar-refractivity contribution is 5.96. The van der Waals surface area contributed by atoms with Gasteiger partial charge in [-0.25, -0.2) is 13.9 Å². The normalized spacial score (nSPS) is 14.7. The van der Waals surface area contributed by atoms with E-state index >= 15 is 0 Å². The second kappa shape index (κ2) is 7.37. The maximum Gasteiger partial charge on any atom is 0.327 e. The van der Waals surface area contributed by atoms with Crippen molar-refractivity contribution < 1.29 is 18.7 Å². The minimum Gasteiger partial charge on any atom is -0.362 e. The van der Waals surface area contributed by atoms with Crippen LogP contribution in [0.15, 0.2) is 12.4 Å². The number of nitrogen functional groups attached to an aromatic ring is 2. The van der Waals surface area contributed by atoms with Crippen molar-refractivity contribution >= 4 is 23.6 Å². The first-order valence-corrected chi connectivity index (χ1v) is 9.00. The van der Waals surface area contributed by atoms with Crippen LogP contribution in [-0.2, 0) is 32.0 Å². The number of hydrogen-bond donors (Lipinski definition) is 2. The van der Waals surface area contributed by atoms with E-state index in [0.29, 0.717) is 23.7 Å². The van der Waals surface area contributed by atoms with Crippen molar-refractivity contribution in [2.24, 2.45) is 14.1 Å². The third kappa shape index (κ3) is 3.71. The van der Waals surface area contributed by atoms with E-state index < -0.39 is 0 Å². The Morgan fingerprint density at radius 2 is 1.46 bits per heavy atom. The molecule has 1 aliphatic rings. The first-order valence-electron chi connectivity index (χ1n) is 9.00. The van der Waals surface area contributed by atoms with E-state index in [-0.39, 0.29) is 31.4 Å². The van der Waals surface area contributed by atoms with Crippen molar-refractivity contribution in [1.29, 1.82) is 0 Å². The zero-order valence-corrected chi connectivity index (χ0v) is 16.6. The first-order chi connectivity index (χ1) is 13.2. The molecule has 0 bridgehead atoms. The van der Waals surface area contributed by atoms with E-state index in [4.69, 9.17) is 11.5 Å². The van der Waals surface area contributed by atoms with Gasteiger partial charge in [-0.15, -0.1) is 0 Å². The van der Waals surface area contributed by atoms with Gasteiger partial charge in [0.25, 0.3) is 11.6 Å². The molecule has 1 fully saturated rings. The van der Waals surface area contributed by atoms with Crippen molar-refractivity contribution in [3.8, 4) is 0 Å². The van der Waals surface area contributed by atoms with Gasteiger partial charge in [0.2, 0.25) is 17.5 Å². The van der Waals surface area contributed by atoms with Crippen molar-refractivity contribution in [3.63, 3.8) is 0 Å². The molecular formula is C18H26N8O2+2. The lowest BCUT2D eigenvalue weighted by Crippen LogP contribution is -2.52. The van der Waals surface area contributed by atoms with Crippen LogP contribution in [0.4, 0.5) is 16.4 Å². The lowest BCUT2D eigenvalue weighted by atomic mass is 10.2. The third-order valence-electron chi connectivity index (χ3n) is 5.03. The molecular weight excluding hydrogens is 360 g/mol. The minimum atomic E-state index is -0.374. The Morgan fingerprint density at radius 3 is 2.00 bits per heavy atom. The summed E-state index contributed by atoms with van der Waals surface area (Å²) in [5.41, 5.74) is 13.4. The lowest BCUT2D eigenvalue weighted by molar-refractivity contribution is -0.681. The summed E-state index contributed by atoms with van der Waals surface area (Å²) in [5.74, 6) is 1.98. The van der Waals surface area contributed by atoms with Gasteiger partial charge in [0, 0.05) is 26.8 Å². The van der Waals surface area contributed by atoms with E-state index in [9.17, 15) is 9.59 Å². The molecule has 1 saturated heterocycles. The number of rotatable bonds is 4. The standard InChI is InChI=1S/C18H24N8O2/c1-11-21-16(19)13(7-23(11)3)9-25-6-5-15(27)26(18(25)28)10-14-8-24(4)12(2)22-17(14)20/h7-8,19-20H,5-6,9-10H2,1-4H3/p+2. The highest BCUT2D eigenvalue weighted by Gasteiger charge is 2.34. The minimum absolute atomic E-state index is 0.0799. The van der Waals surface area contributed by atoms with Gasteiger partial charge in [-0.05, 0) is 9.97 Å². The van der Waals surface area contributed by atoms with Crippen LogP contribution in [-0.4, -0.2) is 38.3 Å². The molecule has 148 valence electrons. The van der Waals surface area contributed by atoms with Crippen LogP contribution in [0.25, 0.3) is 0 Å². The molecule has 4 N–H and O–H groups in total. The van der Waals surface area contributed by atoms with Crippen LogP contribution in [0.1, 0.15) is 29.2 Å². The molecule has 0 atom stereocenters. The summed E-state index contributed by atoms with van der Waals surface area (Å²) in [6.07, 6.45) is 3.88. The van der Waals surface area contributed by atoms with Gasteiger partial charge in [0.1, 0.15) is 12.4 Å². The van der Waals surface area contributed by atoms with Gasteiger partial charge in [-0.1, -0.05) is 0 Å². The van der Waals surface area contributed by atoms with E-state index in [1.165, 1.54) is 4.90 Å². The molecule has 0 radical (unpaired) electrons. The number of urea groups is 1. The third-order valence-corrected chi connectivity index (χ3v) is 5.03. The fourth-order valence-electron chi connectivity index (χ4n) is 3.10. The number of aryl methyl sites for hydroxylation is 4. The Labute approximate surface area is 163 Å². The largest absolute Gasteiger partial charge is 0.362 e. The van der Waals surface area contributed by atoms with Gasteiger partial charge in [0.05, 0.1) is 38.3 Å². The van der Waals surface area contributed by atoms with Crippen molar-refractivity contribution in [2.75, 3.05) is 18.0 Å². The Hall–Kier alpha value is -3.30. The molecule has 0 unspecified atom stereocenters. The SMILES string of the molecule is Cc1nc(N)c(CN2CCC(=O)N(Cc3c[n+](C)c(C)nc3N)C2=O)c[n+]1C. The van der Waals surface area contributed by atoms with E-state index in [1.54, 1.807) is 15.7 Å². The maximum absolute atomic E-state index is 13.0. The summed E-state index contributed by atoms with van der Waals surface area (Å²) in [5, 5.41) is 0. The molecule has 0 saturated carbocycles. The molecule has 10 nitrogen and oxygen atoms in total. The number of amides is 3. The Balaban J connectivity index is 1.82. The molecule has 0 aromatic carbocycles. The molecule has 3 rings (SSSR count). The zero-order valence-electron chi connectivity index (χ0n) is 16.6. The van der Waals surface area contributed by atoms with Crippen molar-refractivity contribution in [2.45, 2.75) is 33.4 Å². The molecule has 2 aromatic heterocycles. The van der Waals surface area contributed by atoms with Crippen LogP contribution < -0.4 is 20.6 Å². The molecule has 2 aromatic rings. The highest BCUT2D eigenvalue weighted by Crippen LogP contribution is 2.20. The fraction of sp³-hybridized carbons (Fsp3) is 0.444. The summed E-state index contributed by atoms with van der Waals surface area (Å²) in [6.45, 7) is 4.38. The summed E-state index contributed by atoms with van der Waals surface area (Å²) in [4.78, 5) is 36.7. The van der Waals surface area contributed by atoms with Gasteiger partial charge in [-0.2, -0.15) is 0 Å². The molecule has 0 spiro atoms. The van der Waals surface area contributed by atoms with Crippen molar-refractivity contribution in [1.82, 2.24) is 19.8 Å². The predicted octanol–water partition coefficient (Wildman–Crippen LogP) is -0.739. The zero-order chi connectivity index (χ0) is 20.6.